The minimum Gasteiger partial charge on any atom is -0.392 e. The SMILES string of the molecule is CC(O)CNC(=O)Cc1ccncc1. The number of aliphatic hydroxyl groups is 1. The highest BCUT2D eigenvalue weighted by molar-refractivity contribution is 5.78. The van der Waals surface area contributed by atoms with Crippen LogP contribution in [0.3, 0.4) is 0 Å². The summed E-state index contributed by atoms with van der Waals surface area (Å²) in [6.45, 7) is 1.93. The van der Waals surface area contributed by atoms with Gasteiger partial charge in [-0.25, -0.2) is 0 Å². The Morgan fingerprint density at radius 2 is 2.21 bits per heavy atom. The van der Waals surface area contributed by atoms with Crippen molar-refractivity contribution in [3.05, 3.63) is 30.1 Å². The van der Waals surface area contributed by atoms with Gasteiger partial charge in [0.2, 0.25) is 5.91 Å². The topological polar surface area (TPSA) is 62.2 Å². The normalized spacial score (nSPS) is 12.1. The number of aliphatic hydroxyl groups excluding tert-OH is 1. The lowest BCUT2D eigenvalue weighted by molar-refractivity contribution is -0.120. The highest BCUT2D eigenvalue weighted by Crippen LogP contribution is 1.96. The molecule has 0 radical (unpaired) electrons. The summed E-state index contributed by atoms with van der Waals surface area (Å²) in [4.78, 5) is 15.1. The summed E-state index contributed by atoms with van der Waals surface area (Å²) in [7, 11) is 0. The third-order valence-corrected chi connectivity index (χ3v) is 1.71. The molecule has 0 aliphatic rings. The second-order valence-electron chi connectivity index (χ2n) is 3.19. The summed E-state index contributed by atoms with van der Waals surface area (Å²) in [5.74, 6) is -0.0860. The summed E-state index contributed by atoms with van der Waals surface area (Å²) < 4.78 is 0. The maximum atomic E-state index is 11.3. The van der Waals surface area contributed by atoms with Gasteiger partial charge >= 0.3 is 0 Å². The molecule has 0 aliphatic carbocycles. The van der Waals surface area contributed by atoms with Crippen molar-refractivity contribution in [3.8, 4) is 0 Å². The Balaban J connectivity index is 2.35. The van der Waals surface area contributed by atoms with Crippen molar-refractivity contribution in [2.24, 2.45) is 0 Å². The van der Waals surface area contributed by atoms with Crippen molar-refractivity contribution < 1.29 is 9.90 Å². The Morgan fingerprint density at radius 3 is 2.79 bits per heavy atom. The predicted octanol–water partition coefficient (Wildman–Crippen LogP) is 0.121. The number of amides is 1. The minimum atomic E-state index is -0.503. The molecule has 1 unspecified atom stereocenters. The van der Waals surface area contributed by atoms with Crippen LogP contribution in [0, 0.1) is 0 Å². The van der Waals surface area contributed by atoms with Crippen LogP contribution in [-0.2, 0) is 11.2 Å². The molecule has 4 nitrogen and oxygen atoms in total. The molecule has 0 bridgehead atoms. The van der Waals surface area contributed by atoms with E-state index in [2.05, 4.69) is 10.3 Å². The highest BCUT2D eigenvalue weighted by Gasteiger charge is 2.03. The predicted molar refractivity (Wildman–Crippen MR) is 52.6 cm³/mol. The summed E-state index contributed by atoms with van der Waals surface area (Å²) >= 11 is 0. The zero-order valence-corrected chi connectivity index (χ0v) is 8.10. The van der Waals surface area contributed by atoms with Gasteiger partial charge < -0.3 is 10.4 Å². The third kappa shape index (κ3) is 4.00. The van der Waals surface area contributed by atoms with Crippen molar-refractivity contribution in [2.45, 2.75) is 19.4 Å². The van der Waals surface area contributed by atoms with E-state index in [9.17, 15) is 4.79 Å². The molecule has 1 amide bonds. The van der Waals surface area contributed by atoms with Crippen molar-refractivity contribution in [1.82, 2.24) is 10.3 Å². The molecule has 1 aromatic heterocycles. The van der Waals surface area contributed by atoms with E-state index in [1.165, 1.54) is 0 Å². The van der Waals surface area contributed by atoms with Crippen molar-refractivity contribution in [1.29, 1.82) is 0 Å². The summed E-state index contributed by atoms with van der Waals surface area (Å²) in [5.41, 5.74) is 0.920. The second-order valence-corrected chi connectivity index (χ2v) is 3.19. The van der Waals surface area contributed by atoms with Gasteiger partial charge in [-0.2, -0.15) is 0 Å². The number of carbonyl (C=O) groups excluding carboxylic acids is 1. The lowest BCUT2D eigenvalue weighted by Gasteiger charge is -2.06. The smallest absolute Gasteiger partial charge is 0.224 e. The lowest BCUT2D eigenvalue weighted by atomic mass is 10.2. The van der Waals surface area contributed by atoms with Gasteiger partial charge in [-0.3, -0.25) is 9.78 Å². The standard InChI is InChI=1S/C10H14N2O2/c1-8(13)7-12-10(14)6-9-2-4-11-5-3-9/h2-5,8,13H,6-7H2,1H3,(H,12,14). The largest absolute Gasteiger partial charge is 0.392 e. The Morgan fingerprint density at radius 1 is 1.57 bits per heavy atom. The molecule has 4 heteroatoms. The fraction of sp³-hybridized carbons (Fsp3) is 0.400. The first-order valence-electron chi connectivity index (χ1n) is 4.52. The van der Waals surface area contributed by atoms with Gasteiger partial charge in [0.15, 0.2) is 0 Å². The number of nitrogens with one attached hydrogen (secondary N) is 1. The van der Waals surface area contributed by atoms with Gasteiger partial charge in [0.25, 0.3) is 0 Å². The molecule has 76 valence electrons. The fourth-order valence-corrected chi connectivity index (χ4v) is 1.01. The molecule has 0 saturated carbocycles. The molecular weight excluding hydrogens is 180 g/mol. The molecule has 0 aromatic carbocycles. The lowest BCUT2D eigenvalue weighted by Crippen LogP contribution is -2.31. The molecule has 0 spiro atoms. The number of hydrogen-bond donors (Lipinski definition) is 2. The molecule has 1 rings (SSSR count). The van der Waals surface area contributed by atoms with Gasteiger partial charge in [-0.15, -0.1) is 0 Å². The maximum absolute atomic E-state index is 11.3. The van der Waals surface area contributed by atoms with Crippen LogP contribution < -0.4 is 5.32 Å². The monoisotopic (exact) mass is 194 g/mol. The molecule has 1 heterocycles. The Kier molecular flexibility index (Phi) is 4.07. The van der Waals surface area contributed by atoms with E-state index in [0.29, 0.717) is 13.0 Å². The van der Waals surface area contributed by atoms with E-state index in [1.807, 2.05) is 0 Å². The third-order valence-electron chi connectivity index (χ3n) is 1.71. The average molecular weight is 194 g/mol. The summed E-state index contributed by atoms with van der Waals surface area (Å²) in [6, 6.07) is 3.59. The first-order valence-corrected chi connectivity index (χ1v) is 4.52. The molecule has 0 fully saturated rings. The Labute approximate surface area is 83.0 Å². The number of carbonyl (C=O) groups is 1. The van der Waals surface area contributed by atoms with Crippen LogP contribution in [0.5, 0.6) is 0 Å². The van der Waals surface area contributed by atoms with Crippen LogP contribution in [0.15, 0.2) is 24.5 Å². The zero-order valence-electron chi connectivity index (χ0n) is 8.10. The quantitative estimate of drug-likeness (QED) is 0.715. The van der Waals surface area contributed by atoms with Crippen molar-refractivity contribution in [2.75, 3.05) is 6.54 Å². The van der Waals surface area contributed by atoms with E-state index >= 15 is 0 Å². The maximum Gasteiger partial charge on any atom is 0.224 e. The molecule has 14 heavy (non-hydrogen) atoms. The van der Waals surface area contributed by atoms with E-state index in [1.54, 1.807) is 31.5 Å². The van der Waals surface area contributed by atoms with Crippen LogP contribution in [0.1, 0.15) is 12.5 Å². The Bertz CT molecular complexity index is 285. The molecule has 0 saturated heterocycles. The van der Waals surface area contributed by atoms with E-state index in [-0.39, 0.29) is 5.91 Å². The summed E-state index contributed by atoms with van der Waals surface area (Å²) in [6.07, 6.45) is 3.13. The van der Waals surface area contributed by atoms with Crippen LogP contribution in [-0.4, -0.2) is 28.6 Å². The number of hydrogen-bond acceptors (Lipinski definition) is 3. The first kappa shape index (κ1) is 10.7. The van der Waals surface area contributed by atoms with Gasteiger partial charge in [-0.05, 0) is 24.6 Å². The van der Waals surface area contributed by atoms with Gasteiger partial charge in [-0.1, -0.05) is 0 Å². The Hall–Kier alpha value is -1.42. The van der Waals surface area contributed by atoms with Crippen molar-refractivity contribution >= 4 is 5.91 Å². The number of aromatic nitrogens is 1. The number of nitrogens with zero attached hydrogens (tertiary/aromatic N) is 1. The van der Waals surface area contributed by atoms with E-state index in [0.717, 1.165) is 5.56 Å². The zero-order chi connectivity index (χ0) is 10.4. The molecular formula is C10H14N2O2. The molecule has 2 N–H and O–H groups in total. The molecule has 0 aliphatic heterocycles. The average Bonchev–Trinajstić information content (AvgIpc) is 2.16. The van der Waals surface area contributed by atoms with Crippen LogP contribution in [0.25, 0.3) is 0 Å². The van der Waals surface area contributed by atoms with Crippen molar-refractivity contribution in [3.63, 3.8) is 0 Å². The fourth-order valence-electron chi connectivity index (χ4n) is 1.01. The number of pyridine rings is 1. The van der Waals surface area contributed by atoms with Gasteiger partial charge in [0, 0.05) is 18.9 Å². The van der Waals surface area contributed by atoms with Gasteiger partial charge in [0.05, 0.1) is 12.5 Å². The molecule has 1 atom stereocenters. The number of rotatable bonds is 4. The van der Waals surface area contributed by atoms with Gasteiger partial charge in [0.1, 0.15) is 0 Å². The molecule has 1 aromatic rings. The second kappa shape index (κ2) is 5.34. The highest BCUT2D eigenvalue weighted by atomic mass is 16.3. The van der Waals surface area contributed by atoms with Crippen LogP contribution in [0.2, 0.25) is 0 Å². The van der Waals surface area contributed by atoms with E-state index in [4.69, 9.17) is 5.11 Å². The summed E-state index contributed by atoms with van der Waals surface area (Å²) in [5, 5.41) is 11.6. The minimum absolute atomic E-state index is 0.0860. The van der Waals surface area contributed by atoms with Crippen LogP contribution in [0.4, 0.5) is 0 Å². The first-order chi connectivity index (χ1) is 6.68. The van der Waals surface area contributed by atoms with Crippen LogP contribution >= 0.6 is 0 Å². The van der Waals surface area contributed by atoms with E-state index < -0.39 is 6.10 Å².